The SMILES string of the molecule is CCCCCCc1cc2ccccc2cc1S(=O)(=O)O. The van der Waals surface area contributed by atoms with Crippen molar-refractivity contribution < 1.29 is 13.0 Å². The summed E-state index contributed by atoms with van der Waals surface area (Å²) in [5.41, 5.74) is 0.710. The van der Waals surface area contributed by atoms with Gasteiger partial charge in [0, 0.05) is 0 Å². The molecule has 0 heterocycles. The second-order valence-corrected chi connectivity index (χ2v) is 6.48. The summed E-state index contributed by atoms with van der Waals surface area (Å²) in [6.07, 6.45) is 4.99. The zero-order valence-corrected chi connectivity index (χ0v) is 12.5. The molecule has 0 unspecified atom stereocenters. The van der Waals surface area contributed by atoms with Crippen LogP contribution in [-0.2, 0) is 16.5 Å². The number of hydrogen-bond acceptors (Lipinski definition) is 2. The lowest BCUT2D eigenvalue weighted by Crippen LogP contribution is -2.03. The van der Waals surface area contributed by atoms with Gasteiger partial charge in [0.2, 0.25) is 0 Å². The maximum Gasteiger partial charge on any atom is 0.294 e. The highest BCUT2D eigenvalue weighted by molar-refractivity contribution is 7.85. The van der Waals surface area contributed by atoms with E-state index in [1.807, 2.05) is 30.3 Å². The number of rotatable bonds is 6. The van der Waals surface area contributed by atoms with E-state index in [9.17, 15) is 13.0 Å². The second-order valence-electron chi connectivity index (χ2n) is 5.09. The van der Waals surface area contributed by atoms with Crippen molar-refractivity contribution in [2.24, 2.45) is 0 Å². The van der Waals surface area contributed by atoms with E-state index < -0.39 is 10.1 Å². The molecule has 0 aromatic heterocycles. The van der Waals surface area contributed by atoms with Crippen LogP contribution in [0, 0.1) is 0 Å². The highest BCUT2D eigenvalue weighted by atomic mass is 32.2. The van der Waals surface area contributed by atoms with Gasteiger partial charge in [-0.1, -0.05) is 50.5 Å². The monoisotopic (exact) mass is 292 g/mol. The van der Waals surface area contributed by atoms with Gasteiger partial charge in [-0.25, -0.2) is 0 Å². The Balaban J connectivity index is 2.39. The molecule has 0 aliphatic heterocycles. The van der Waals surface area contributed by atoms with Crippen molar-refractivity contribution in [1.29, 1.82) is 0 Å². The Kier molecular flexibility index (Phi) is 4.78. The van der Waals surface area contributed by atoms with Gasteiger partial charge in [-0.3, -0.25) is 4.55 Å². The predicted octanol–water partition coefficient (Wildman–Crippen LogP) is 4.21. The Labute approximate surface area is 120 Å². The van der Waals surface area contributed by atoms with Crippen molar-refractivity contribution >= 4 is 20.9 Å². The van der Waals surface area contributed by atoms with E-state index in [4.69, 9.17) is 0 Å². The van der Waals surface area contributed by atoms with Gasteiger partial charge in [-0.2, -0.15) is 8.42 Å². The molecule has 0 amide bonds. The fraction of sp³-hybridized carbons (Fsp3) is 0.375. The quantitative estimate of drug-likeness (QED) is 0.641. The van der Waals surface area contributed by atoms with Crippen LogP contribution in [0.4, 0.5) is 0 Å². The third-order valence-corrected chi connectivity index (χ3v) is 4.44. The third-order valence-electron chi connectivity index (χ3n) is 3.51. The molecule has 2 aromatic carbocycles. The first-order valence-corrected chi connectivity index (χ1v) is 8.45. The molecule has 0 atom stereocenters. The number of unbranched alkanes of at least 4 members (excludes halogenated alkanes) is 3. The second kappa shape index (κ2) is 6.37. The average molecular weight is 292 g/mol. The Bertz CT molecular complexity index is 690. The van der Waals surface area contributed by atoms with E-state index >= 15 is 0 Å². The first kappa shape index (κ1) is 15.0. The summed E-state index contributed by atoms with van der Waals surface area (Å²) >= 11 is 0. The minimum Gasteiger partial charge on any atom is -0.282 e. The number of hydrogen-bond donors (Lipinski definition) is 1. The van der Waals surface area contributed by atoms with E-state index in [-0.39, 0.29) is 4.90 Å². The summed E-state index contributed by atoms with van der Waals surface area (Å²) in [6.45, 7) is 2.14. The zero-order chi connectivity index (χ0) is 14.6. The van der Waals surface area contributed by atoms with Crippen molar-refractivity contribution in [1.82, 2.24) is 0 Å². The van der Waals surface area contributed by atoms with Gasteiger partial charge >= 0.3 is 0 Å². The smallest absolute Gasteiger partial charge is 0.282 e. The molecule has 0 aliphatic carbocycles. The van der Waals surface area contributed by atoms with Gasteiger partial charge in [0.05, 0.1) is 4.90 Å². The lowest BCUT2D eigenvalue weighted by atomic mass is 10.0. The lowest BCUT2D eigenvalue weighted by molar-refractivity contribution is 0.482. The van der Waals surface area contributed by atoms with Gasteiger partial charge in [-0.15, -0.1) is 0 Å². The molecule has 0 aliphatic rings. The van der Waals surface area contributed by atoms with Crippen molar-refractivity contribution in [3.05, 3.63) is 42.0 Å². The molecule has 1 N–H and O–H groups in total. The highest BCUT2D eigenvalue weighted by Gasteiger charge is 2.16. The van der Waals surface area contributed by atoms with Gasteiger partial charge in [0.1, 0.15) is 0 Å². The average Bonchev–Trinajstić information content (AvgIpc) is 2.41. The van der Waals surface area contributed by atoms with Crippen LogP contribution in [0.15, 0.2) is 41.3 Å². The van der Waals surface area contributed by atoms with Crippen LogP contribution in [0.5, 0.6) is 0 Å². The largest absolute Gasteiger partial charge is 0.294 e. The molecule has 0 fully saturated rings. The van der Waals surface area contributed by atoms with Crippen LogP contribution in [0.2, 0.25) is 0 Å². The zero-order valence-electron chi connectivity index (χ0n) is 11.7. The standard InChI is InChI=1S/C16H20O3S/c1-2-3-4-5-10-15-11-13-8-6-7-9-14(13)12-16(15)20(17,18)19/h6-9,11-12H,2-5,10H2,1H3,(H,17,18,19). The molecule has 2 aromatic rings. The van der Waals surface area contributed by atoms with Crippen LogP contribution >= 0.6 is 0 Å². The summed E-state index contributed by atoms with van der Waals surface area (Å²) in [7, 11) is -4.17. The first-order chi connectivity index (χ1) is 9.52. The molecule has 0 bridgehead atoms. The fourth-order valence-electron chi connectivity index (χ4n) is 2.44. The maximum atomic E-state index is 11.5. The fourth-order valence-corrected chi connectivity index (χ4v) is 3.21. The predicted molar refractivity (Wildman–Crippen MR) is 81.6 cm³/mol. The van der Waals surface area contributed by atoms with Crippen LogP contribution in [0.1, 0.15) is 38.2 Å². The maximum absolute atomic E-state index is 11.5. The number of benzene rings is 2. The minimum absolute atomic E-state index is 0.0488. The van der Waals surface area contributed by atoms with E-state index in [0.29, 0.717) is 12.0 Å². The van der Waals surface area contributed by atoms with Crippen LogP contribution in [-0.4, -0.2) is 13.0 Å². The molecule has 108 valence electrons. The van der Waals surface area contributed by atoms with Crippen LogP contribution < -0.4 is 0 Å². The summed E-state index contributed by atoms with van der Waals surface area (Å²) in [5, 5.41) is 1.84. The lowest BCUT2D eigenvalue weighted by Gasteiger charge is -2.09. The molecule has 4 heteroatoms. The normalized spacial score (nSPS) is 11.9. The van der Waals surface area contributed by atoms with E-state index in [0.717, 1.165) is 36.5 Å². The molecule has 0 saturated carbocycles. The summed E-state index contributed by atoms with van der Waals surface area (Å²) in [6, 6.07) is 11.0. The number of aryl methyl sites for hydroxylation is 1. The molecule has 0 radical (unpaired) electrons. The van der Waals surface area contributed by atoms with E-state index in [1.165, 1.54) is 0 Å². The molecule has 3 nitrogen and oxygen atoms in total. The third kappa shape index (κ3) is 3.58. The molecule has 20 heavy (non-hydrogen) atoms. The Morgan fingerprint density at radius 1 is 1.00 bits per heavy atom. The number of fused-ring (bicyclic) bond motifs is 1. The van der Waals surface area contributed by atoms with Gasteiger partial charge in [0.25, 0.3) is 10.1 Å². The van der Waals surface area contributed by atoms with Gasteiger partial charge in [-0.05, 0) is 41.3 Å². The summed E-state index contributed by atoms with van der Waals surface area (Å²) < 4.78 is 32.5. The van der Waals surface area contributed by atoms with Crippen molar-refractivity contribution in [3.8, 4) is 0 Å². The van der Waals surface area contributed by atoms with Gasteiger partial charge in [0.15, 0.2) is 0 Å². The van der Waals surface area contributed by atoms with Crippen LogP contribution in [0.3, 0.4) is 0 Å². The highest BCUT2D eigenvalue weighted by Crippen LogP contribution is 2.25. The van der Waals surface area contributed by atoms with E-state index in [2.05, 4.69) is 6.92 Å². The topological polar surface area (TPSA) is 54.4 Å². The first-order valence-electron chi connectivity index (χ1n) is 7.01. The van der Waals surface area contributed by atoms with Crippen molar-refractivity contribution in [3.63, 3.8) is 0 Å². The molecule has 2 rings (SSSR count). The Hall–Kier alpha value is -1.39. The summed E-state index contributed by atoms with van der Waals surface area (Å²) in [4.78, 5) is 0.0488. The molecular formula is C16H20O3S. The minimum atomic E-state index is -4.17. The summed E-state index contributed by atoms with van der Waals surface area (Å²) in [5.74, 6) is 0. The Morgan fingerprint density at radius 3 is 2.25 bits per heavy atom. The van der Waals surface area contributed by atoms with E-state index in [1.54, 1.807) is 6.07 Å². The molecular weight excluding hydrogens is 272 g/mol. The molecule has 0 saturated heterocycles. The van der Waals surface area contributed by atoms with Crippen molar-refractivity contribution in [2.75, 3.05) is 0 Å². The Morgan fingerprint density at radius 2 is 1.65 bits per heavy atom. The molecule has 0 spiro atoms. The van der Waals surface area contributed by atoms with Crippen molar-refractivity contribution in [2.45, 2.75) is 43.9 Å². The van der Waals surface area contributed by atoms with Gasteiger partial charge < -0.3 is 0 Å². The van der Waals surface area contributed by atoms with Crippen LogP contribution in [0.25, 0.3) is 10.8 Å².